The third-order valence-corrected chi connectivity index (χ3v) is 8.18. The minimum atomic E-state index is -0.358. The molecule has 6 rings (SSSR count). The minimum absolute atomic E-state index is 0.0153. The topological polar surface area (TPSA) is 37.4 Å². The van der Waals surface area contributed by atoms with Gasteiger partial charge in [-0.1, -0.05) is 78.3 Å². The summed E-state index contributed by atoms with van der Waals surface area (Å²) in [6.45, 7) is 0. The zero-order valence-electron chi connectivity index (χ0n) is 18.1. The first-order valence-corrected chi connectivity index (χ1v) is 12.5. The molecule has 0 fully saturated rings. The Kier molecular flexibility index (Phi) is 5.28. The standard InChI is InChI=1S/C29H20ClNO2S/c30-21-16-14-19(15-17-21)26(32)29-23-13-7-12-22-24(18-8-3-1-4-9-18)27(33)25(31(22)23)28(34-29)20-10-5-2-6-11-20/h1-12,14-17,23,29H,13H2/t23-,29+/m0/s1. The van der Waals surface area contributed by atoms with Crippen LogP contribution in [0.3, 0.4) is 0 Å². The molecular formula is C29H20ClNO2S. The molecule has 3 aliphatic rings. The quantitative estimate of drug-likeness (QED) is 0.392. The van der Waals surface area contributed by atoms with Gasteiger partial charge in [-0.05, 0) is 47.9 Å². The molecule has 3 aromatic carbocycles. The molecule has 5 heteroatoms. The molecule has 0 saturated heterocycles. The van der Waals surface area contributed by atoms with Crippen LogP contribution in [0, 0.1) is 0 Å². The average Bonchev–Trinajstić information content (AvgIpc) is 3.19. The van der Waals surface area contributed by atoms with E-state index in [2.05, 4.69) is 11.0 Å². The van der Waals surface area contributed by atoms with E-state index in [4.69, 9.17) is 11.6 Å². The maximum absolute atomic E-state index is 13.9. The lowest BCUT2D eigenvalue weighted by molar-refractivity contribution is -0.111. The number of carbonyl (C=O) groups excluding carboxylic acids is 2. The van der Waals surface area contributed by atoms with Crippen molar-refractivity contribution >= 4 is 45.4 Å². The van der Waals surface area contributed by atoms with Gasteiger partial charge in [0.05, 0.1) is 22.6 Å². The van der Waals surface area contributed by atoms with E-state index in [0.29, 0.717) is 28.3 Å². The van der Waals surface area contributed by atoms with E-state index in [9.17, 15) is 9.59 Å². The fraction of sp³-hybridized carbons (Fsp3) is 0.103. The van der Waals surface area contributed by atoms with E-state index in [1.54, 1.807) is 24.3 Å². The van der Waals surface area contributed by atoms with E-state index in [-0.39, 0.29) is 22.9 Å². The molecule has 3 aromatic rings. The lowest BCUT2D eigenvalue weighted by Gasteiger charge is -2.42. The van der Waals surface area contributed by atoms with Gasteiger partial charge in [-0.25, -0.2) is 0 Å². The van der Waals surface area contributed by atoms with E-state index in [1.807, 2.05) is 66.7 Å². The molecule has 34 heavy (non-hydrogen) atoms. The van der Waals surface area contributed by atoms with E-state index in [0.717, 1.165) is 21.7 Å². The van der Waals surface area contributed by atoms with Crippen molar-refractivity contribution in [3.05, 3.63) is 130 Å². The van der Waals surface area contributed by atoms with Crippen molar-refractivity contribution in [1.29, 1.82) is 0 Å². The summed E-state index contributed by atoms with van der Waals surface area (Å²) in [7, 11) is 0. The molecule has 166 valence electrons. The second kappa shape index (κ2) is 8.46. The summed E-state index contributed by atoms with van der Waals surface area (Å²) >= 11 is 7.58. The lowest BCUT2D eigenvalue weighted by atomic mass is 9.95. The fourth-order valence-corrected chi connectivity index (χ4v) is 6.52. The van der Waals surface area contributed by atoms with Crippen molar-refractivity contribution in [2.24, 2.45) is 0 Å². The Balaban J connectivity index is 1.54. The average molecular weight is 482 g/mol. The Morgan fingerprint density at radius 2 is 1.53 bits per heavy atom. The Morgan fingerprint density at radius 3 is 2.21 bits per heavy atom. The predicted molar refractivity (Wildman–Crippen MR) is 138 cm³/mol. The number of allylic oxidation sites excluding steroid dienone is 2. The molecule has 0 aromatic heterocycles. The minimum Gasteiger partial charge on any atom is -0.332 e. The van der Waals surface area contributed by atoms with Crippen molar-refractivity contribution in [2.45, 2.75) is 17.7 Å². The number of Topliss-reactive ketones (excluding diaryl/α,β-unsaturated/α-hetero) is 2. The van der Waals surface area contributed by atoms with Crippen LogP contribution in [0.15, 0.2) is 108 Å². The number of hydrogen-bond donors (Lipinski definition) is 0. The van der Waals surface area contributed by atoms with Crippen LogP contribution < -0.4 is 0 Å². The van der Waals surface area contributed by atoms with Crippen molar-refractivity contribution in [1.82, 2.24) is 4.90 Å². The Hall–Kier alpha value is -3.34. The molecule has 3 heterocycles. The normalized spacial score (nSPS) is 21.2. The SMILES string of the molecule is O=C1C(c2ccccc2)=C2C=CC[C@H]3[C@H](C(=O)c4ccc(Cl)cc4)SC(c4ccccc4)=C1N23. The molecule has 2 atom stereocenters. The van der Waals surface area contributed by atoms with Gasteiger partial charge in [-0.15, -0.1) is 11.8 Å². The highest BCUT2D eigenvalue weighted by atomic mass is 35.5. The van der Waals surface area contributed by atoms with Crippen LogP contribution >= 0.6 is 23.4 Å². The molecule has 0 bridgehead atoms. The number of ketones is 2. The zero-order valence-corrected chi connectivity index (χ0v) is 19.7. The molecular weight excluding hydrogens is 462 g/mol. The first kappa shape index (κ1) is 21.2. The van der Waals surface area contributed by atoms with Gasteiger partial charge in [0.2, 0.25) is 5.78 Å². The molecule has 0 N–H and O–H groups in total. The van der Waals surface area contributed by atoms with E-state index < -0.39 is 0 Å². The van der Waals surface area contributed by atoms with Crippen LogP contribution in [0.4, 0.5) is 0 Å². The maximum atomic E-state index is 13.9. The summed E-state index contributed by atoms with van der Waals surface area (Å²) in [6.07, 6.45) is 4.82. The van der Waals surface area contributed by atoms with Crippen LogP contribution in [0.25, 0.3) is 10.5 Å². The summed E-state index contributed by atoms with van der Waals surface area (Å²) in [5.74, 6) is 0.0657. The molecule has 3 nitrogen and oxygen atoms in total. The second-order valence-electron chi connectivity index (χ2n) is 8.48. The predicted octanol–water partition coefficient (Wildman–Crippen LogP) is 6.63. The zero-order chi connectivity index (χ0) is 23.2. The number of thioether (sulfide) groups is 1. The molecule has 3 aliphatic heterocycles. The highest BCUT2D eigenvalue weighted by Crippen LogP contribution is 2.52. The number of carbonyl (C=O) groups is 2. The van der Waals surface area contributed by atoms with Gasteiger partial charge >= 0.3 is 0 Å². The summed E-state index contributed by atoms with van der Waals surface area (Å²) in [5.41, 5.74) is 4.74. The number of nitrogens with zero attached hydrogens (tertiary/aromatic N) is 1. The third-order valence-electron chi connectivity index (χ3n) is 6.48. The fourth-order valence-electron chi connectivity index (χ4n) is 4.94. The van der Waals surface area contributed by atoms with Crippen LogP contribution in [0.5, 0.6) is 0 Å². The van der Waals surface area contributed by atoms with Crippen molar-refractivity contribution < 1.29 is 9.59 Å². The molecule has 0 amide bonds. The smallest absolute Gasteiger partial charge is 0.213 e. The summed E-state index contributed by atoms with van der Waals surface area (Å²) in [6, 6.07) is 26.6. The summed E-state index contributed by atoms with van der Waals surface area (Å²) in [5, 5.41) is 0.242. The number of hydrogen-bond acceptors (Lipinski definition) is 4. The molecule has 0 saturated carbocycles. The molecule has 0 aliphatic carbocycles. The van der Waals surface area contributed by atoms with Gasteiger partial charge in [0.25, 0.3) is 0 Å². The molecule has 0 spiro atoms. The maximum Gasteiger partial charge on any atom is 0.213 e. The first-order valence-electron chi connectivity index (χ1n) is 11.2. The Morgan fingerprint density at radius 1 is 0.882 bits per heavy atom. The number of rotatable bonds is 4. The third kappa shape index (κ3) is 3.37. The summed E-state index contributed by atoms with van der Waals surface area (Å²) < 4.78 is 0. The Bertz CT molecular complexity index is 1390. The largest absolute Gasteiger partial charge is 0.332 e. The highest BCUT2D eigenvalue weighted by molar-refractivity contribution is 8.09. The van der Waals surface area contributed by atoms with Crippen molar-refractivity contribution in [3.8, 4) is 0 Å². The van der Waals surface area contributed by atoms with Gasteiger partial charge in [-0.2, -0.15) is 0 Å². The van der Waals surface area contributed by atoms with E-state index >= 15 is 0 Å². The number of halogens is 1. The van der Waals surface area contributed by atoms with E-state index in [1.165, 1.54) is 11.8 Å². The van der Waals surface area contributed by atoms with Crippen LogP contribution in [0.2, 0.25) is 5.02 Å². The van der Waals surface area contributed by atoms with Gasteiger partial charge in [-0.3, -0.25) is 9.59 Å². The first-order chi connectivity index (χ1) is 16.6. The van der Waals surface area contributed by atoms with Crippen molar-refractivity contribution in [3.63, 3.8) is 0 Å². The molecule has 0 unspecified atom stereocenters. The lowest BCUT2D eigenvalue weighted by Crippen LogP contribution is -2.47. The van der Waals surface area contributed by atoms with Crippen LogP contribution in [-0.4, -0.2) is 27.8 Å². The second-order valence-corrected chi connectivity index (χ2v) is 10.1. The van der Waals surface area contributed by atoms with Gasteiger partial charge < -0.3 is 4.90 Å². The van der Waals surface area contributed by atoms with Crippen LogP contribution in [-0.2, 0) is 4.79 Å². The van der Waals surface area contributed by atoms with Gasteiger partial charge in [0, 0.05) is 15.5 Å². The molecule has 0 radical (unpaired) electrons. The highest BCUT2D eigenvalue weighted by Gasteiger charge is 2.49. The van der Waals surface area contributed by atoms with Crippen LogP contribution in [0.1, 0.15) is 27.9 Å². The summed E-state index contributed by atoms with van der Waals surface area (Å²) in [4.78, 5) is 30.7. The van der Waals surface area contributed by atoms with Crippen molar-refractivity contribution in [2.75, 3.05) is 0 Å². The van der Waals surface area contributed by atoms with Gasteiger partial charge in [0.1, 0.15) is 5.70 Å². The Labute approximate surface area is 207 Å². The van der Waals surface area contributed by atoms with Gasteiger partial charge in [0.15, 0.2) is 5.78 Å². The monoisotopic (exact) mass is 481 g/mol. The number of benzene rings is 3.